The summed E-state index contributed by atoms with van der Waals surface area (Å²) in [6.07, 6.45) is 5.33. The van der Waals surface area contributed by atoms with Crippen molar-refractivity contribution in [2.24, 2.45) is 5.41 Å². The van der Waals surface area contributed by atoms with Crippen LogP contribution in [-0.2, 0) is 0 Å². The van der Waals surface area contributed by atoms with Gasteiger partial charge in [-0.2, -0.15) is 0 Å². The van der Waals surface area contributed by atoms with Gasteiger partial charge in [0.2, 0.25) is 0 Å². The quantitative estimate of drug-likeness (QED) is 0.753. The molecule has 0 radical (unpaired) electrons. The molecule has 98 valence electrons. The van der Waals surface area contributed by atoms with Gasteiger partial charge in [0, 0.05) is 0 Å². The van der Waals surface area contributed by atoms with Crippen LogP contribution in [0.1, 0.15) is 49.9 Å². The average Bonchev–Trinajstić information content (AvgIpc) is 2.34. The number of aldehydes is 1. The zero-order valence-corrected chi connectivity index (χ0v) is 11.7. The van der Waals surface area contributed by atoms with Crippen molar-refractivity contribution in [3.05, 3.63) is 28.8 Å². The first-order valence-corrected chi connectivity index (χ1v) is 6.80. The first-order chi connectivity index (χ1) is 8.52. The number of halogens is 1. The number of ether oxygens (including phenoxy) is 1. The molecule has 0 atom stereocenters. The van der Waals surface area contributed by atoms with E-state index in [-0.39, 0.29) is 6.10 Å². The van der Waals surface area contributed by atoms with Crippen molar-refractivity contribution in [1.82, 2.24) is 0 Å². The zero-order valence-electron chi connectivity index (χ0n) is 10.9. The standard InChI is InChI=1S/C15H19ClO2/c1-15(2)8-6-12(7-9-15)18-14-11(10-17)4-3-5-13(14)16/h3-5,10,12H,6-9H2,1-2H3. The molecule has 0 aliphatic heterocycles. The first-order valence-electron chi connectivity index (χ1n) is 6.42. The number of hydrogen-bond donors (Lipinski definition) is 0. The molecule has 0 spiro atoms. The van der Waals surface area contributed by atoms with Crippen molar-refractivity contribution in [3.63, 3.8) is 0 Å². The van der Waals surface area contributed by atoms with Crippen molar-refractivity contribution in [2.75, 3.05) is 0 Å². The van der Waals surface area contributed by atoms with Gasteiger partial charge in [0.15, 0.2) is 6.29 Å². The zero-order chi connectivity index (χ0) is 13.2. The molecule has 1 aromatic rings. The van der Waals surface area contributed by atoms with E-state index in [4.69, 9.17) is 16.3 Å². The van der Waals surface area contributed by atoms with Crippen LogP contribution in [0.15, 0.2) is 18.2 Å². The summed E-state index contributed by atoms with van der Waals surface area (Å²) in [4.78, 5) is 11.0. The Morgan fingerprint density at radius 3 is 2.61 bits per heavy atom. The molecule has 1 saturated carbocycles. The molecule has 1 aliphatic carbocycles. The Hall–Kier alpha value is -1.02. The molecule has 0 bridgehead atoms. The van der Waals surface area contributed by atoms with Crippen LogP contribution in [0.3, 0.4) is 0 Å². The topological polar surface area (TPSA) is 26.3 Å². The Balaban J connectivity index is 2.09. The highest BCUT2D eigenvalue weighted by Gasteiger charge is 2.28. The number of para-hydroxylation sites is 1. The molecule has 0 heterocycles. The molecule has 0 N–H and O–H groups in total. The molecule has 2 nitrogen and oxygen atoms in total. The molecule has 0 amide bonds. The van der Waals surface area contributed by atoms with Gasteiger partial charge in [0.25, 0.3) is 0 Å². The third-order valence-electron chi connectivity index (χ3n) is 3.70. The number of benzene rings is 1. The normalized spacial score (nSPS) is 19.5. The average molecular weight is 267 g/mol. The summed E-state index contributed by atoms with van der Waals surface area (Å²) in [7, 11) is 0. The molecule has 1 fully saturated rings. The third-order valence-corrected chi connectivity index (χ3v) is 3.99. The van der Waals surface area contributed by atoms with E-state index in [1.807, 2.05) is 0 Å². The SMILES string of the molecule is CC1(C)CCC(Oc2c(Cl)cccc2C=O)CC1. The molecule has 0 saturated heterocycles. The summed E-state index contributed by atoms with van der Waals surface area (Å²) in [5, 5.41) is 0.518. The van der Waals surface area contributed by atoms with Crippen LogP contribution in [0, 0.1) is 5.41 Å². The van der Waals surface area contributed by atoms with E-state index in [2.05, 4.69) is 13.8 Å². The van der Waals surface area contributed by atoms with Gasteiger partial charge in [-0.15, -0.1) is 0 Å². The second-order valence-electron chi connectivity index (χ2n) is 5.76. The number of hydrogen-bond acceptors (Lipinski definition) is 2. The van der Waals surface area contributed by atoms with Gasteiger partial charge in [-0.05, 0) is 43.2 Å². The van der Waals surface area contributed by atoms with E-state index in [1.54, 1.807) is 18.2 Å². The van der Waals surface area contributed by atoms with Gasteiger partial charge in [-0.1, -0.05) is 31.5 Å². The van der Waals surface area contributed by atoms with Crippen molar-refractivity contribution in [3.8, 4) is 5.75 Å². The van der Waals surface area contributed by atoms with Crippen LogP contribution in [-0.4, -0.2) is 12.4 Å². The Labute approximate surface area is 113 Å². The highest BCUT2D eigenvalue weighted by Crippen LogP contribution is 2.38. The molecular weight excluding hydrogens is 248 g/mol. The van der Waals surface area contributed by atoms with Crippen LogP contribution < -0.4 is 4.74 Å². The summed E-state index contributed by atoms with van der Waals surface area (Å²) < 4.78 is 5.94. The molecular formula is C15H19ClO2. The van der Waals surface area contributed by atoms with Crippen LogP contribution in [0.5, 0.6) is 5.75 Å². The lowest BCUT2D eigenvalue weighted by molar-refractivity contribution is 0.0962. The lowest BCUT2D eigenvalue weighted by atomic mass is 9.76. The molecule has 0 aromatic heterocycles. The van der Waals surface area contributed by atoms with Crippen molar-refractivity contribution >= 4 is 17.9 Å². The van der Waals surface area contributed by atoms with E-state index in [0.717, 1.165) is 32.0 Å². The molecule has 2 rings (SSSR count). The second kappa shape index (κ2) is 5.31. The number of rotatable bonds is 3. The molecule has 1 aliphatic rings. The number of carbonyl (C=O) groups is 1. The largest absolute Gasteiger partial charge is 0.488 e. The van der Waals surface area contributed by atoms with Crippen LogP contribution in [0.2, 0.25) is 5.02 Å². The predicted molar refractivity (Wildman–Crippen MR) is 73.5 cm³/mol. The van der Waals surface area contributed by atoms with E-state index in [0.29, 0.717) is 21.8 Å². The van der Waals surface area contributed by atoms with E-state index >= 15 is 0 Å². The summed E-state index contributed by atoms with van der Waals surface area (Å²) in [5.74, 6) is 0.541. The summed E-state index contributed by atoms with van der Waals surface area (Å²) >= 11 is 6.10. The Bertz CT molecular complexity index is 430. The third kappa shape index (κ3) is 3.05. The Morgan fingerprint density at radius 2 is 2.00 bits per heavy atom. The van der Waals surface area contributed by atoms with Crippen molar-refractivity contribution in [2.45, 2.75) is 45.6 Å². The fourth-order valence-corrected chi connectivity index (χ4v) is 2.63. The lowest BCUT2D eigenvalue weighted by Crippen LogP contribution is -2.28. The van der Waals surface area contributed by atoms with Gasteiger partial charge in [0.05, 0.1) is 16.7 Å². The van der Waals surface area contributed by atoms with Gasteiger partial charge in [-0.25, -0.2) is 0 Å². The van der Waals surface area contributed by atoms with E-state index < -0.39 is 0 Å². The lowest BCUT2D eigenvalue weighted by Gasteiger charge is -2.34. The number of carbonyl (C=O) groups excluding carboxylic acids is 1. The van der Waals surface area contributed by atoms with Crippen LogP contribution in [0.4, 0.5) is 0 Å². The van der Waals surface area contributed by atoms with Gasteiger partial charge in [-0.3, -0.25) is 4.79 Å². The summed E-state index contributed by atoms with van der Waals surface area (Å²) in [6.45, 7) is 4.57. The van der Waals surface area contributed by atoms with E-state index in [1.165, 1.54) is 0 Å². The minimum Gasteiger partial charge on any atom is -0.488 e. The van der Waals surface area contributed by atoms with Crippen LogP contribution in [0.25, 0.3) is 0 Å². The maximum Gasteiger partial charge on any atom is 0.153 e. The molecule has 0 unspecified atom stereocenters. The molecule has 18 heavy (non-hydrogen) atoms. The Morgan fingerprint density at radius 1 is 1.33 bits per heavy atom. The van der Waals surface area contributed by atoms with Gasteiger partial charge >= 0.3 is 0 Å². The fourth-order valence-electron chi connectivity index (χ4n) is 2.40. The maximum absolute atomic E-state index is 11.0. The Kier molecular flexibility index (Phi) is 3.96. The molecule has 3 heteroatoms. The minimum atomic E-state index is 0.177. The smallest absolute Gasteiger partial charge is 0.153 e. The fraction of sp³-hybridized carbons (Fsp3) is 0.533. The second-order valence-corrected chi connectivity index (χ2v) is 6.16. The van der Waals surface area contributed by atoms with Gasteiger partial charge in [0.1, 0.15) is 5.75 Å². The van der Waals surface area contributed by atoms with Gasteiger partial charge < -0.3 is 4.74 Å². The monoisotopic (exact) mass is 266 g/mol. The van der Waals surface area contributed by atoms with Crippen molar-refractivity contribution < 1.29 is 9.53 Å². The van der Waals surface area contributed by atoms with Crippen molar-refractivity contribution in [1.29, 1.82) is 0 Å². The van der Waals surface area contributed by atoms with E-state index in [9.17, 15) is 4.79 Å². The summed E-state index contributed by atoms with van der Waals surface area (Å²) in [5.41, 5.74) is 0.945. The highest BCUT2D eigenvalue weighted by molar-refractivity contribution is 6.32. The first kappa shape index (κ1) is 13.4. The summed E-state index contributed by atoms with van der Waals surface area (Å²) in [6, 6.07) is 5.26. The highest BCUT2D eigenvalue weighted by atomic mass is 35.5. The molecule has 1 aromatic carbocycles. The maximum atomic E-state index is 11.0. The predicted octanol–water partition coefficient (Wildman–Crippen LogP) is 4.50. The minimum absolute atomic E-state index is 0.177. The van der Waals surface area contributed by atoms with Crippen LogP contribution >= 0.6 is 11.6 Å².